The lowest BCUT2D eigenvalue weighted by Gasteiger charge is -2.29. The van der Waals surface area contributed by atoms with Crippen LogP contribution in [0.1, 0.15) is 27.7 Å². The van der Waals surface area contributed by atoms with Crippen LogP contribution >= 0.6 is 27.3 Å². The van der Waals surface area contributed by atoms with E-state index in [0.29, 0.717) is 4.88 Å². The first-order valence-electron chi connectivity index (χ1n) is 6.21. The van der Waals surface area contributed by atoms with Gasteiger partial charge in [0.2, 0.25) is 0 Å². The van der Waals surface area contributed by atoms with Gasteiger partial charge in [-0.1, -0.05) is 30.3 Å². The molecular formula is C15H16BrNO2S. The number of benzene rings is 1. The van der Waals surface area contributed by atoms with Gasteiger partial charge in [-0.05, 0) is 47.0 Å². The van der Waals surface area contributed by atoms with E-state index >= 15 is 0 Å². The van der Waals surface area contributed by atoms with Crippen molar-refractivity contribution in [3.63, 3.8) is 0 Å². The van der Waals surface area contributed by atoms with Crippen LogP contribution < -0.4 is 5.32 Å². The highest BCUT2D eigenvalue weighted by atomic mass is 79.9. The van der Waals surface area contributed by atoms with Crippen LogP contribution in [0.2, 0.25) is 0 Å². The Morgan fingerprint density at radius 2 is 2.05 bits per heavy atom. The van der Waals surface area contributed by atoms with E-state index in [0.717, 1.165) is 14.9 Å². The van der Waals surface area contributed by atoms with Gasteiger partial charge >= 0.3 is 0 Å². The van der Waals surface area contributed by atoms with Gasteiger partial charge in [0.05, 0.1) is 20.8 Å². The highest BCUT2D eigenvalue weighted by Gasteiger charge is 2.28. The van der Waals surface area contributed by atoms with E-state index in [4.69, 9.17) is 0 Å². The van der Waals surface area contributed by atoms with E-state index in [1.54, 1.807) is 0 Å². The fraction of sp³-hybridized carbons (Fsp3) is 0.267. The minimum atomic E-state index is -0.789. The van der Waals surface area contributed by atoms with Gasteiger partial charge in [-0.25, -0.2) is 0 Å². The maximum atomic E-state index is 12.3. The summed E-state index contributed by atoms with van der Waals surface area (Å²) in [6.45, 7) is 3.60. The van der Waals surface area contributed by atoms with E-state index in [9.17, 15) is 9.90 Å². The molecule has 0 aliphatic rings. The third kappa shape index (κ3) is 3.11. The molecule has 2 rings (SSSR count). The zero-order valence-electron chi connectivity index (χ0n) is 11.3. The average Bonchev–Trinajstić information content (AvgIpc) is 2.79. The second-order valence-electron chi connectivity index (χ2n) is 4.88. The lowest BCUT2D eigenvalue weighted by atomic mass is 9.93. The van der Waals surface area contributed by atoms with Gasteiger partial charge in [0.25, 0.3) is 5.91 Å². The van der Waals surface area contributed by atoms with E-state index < -0.39 is 5.54 Å². The second-order valence-corrected chi connectivity index (χ2v) is 7.25. The molecule has 0 radical (unpaired) electrons. The second kappa shape index (κ2) is 6.08. The number of thiophene rings is 1. The molecule has 2 aromatic rings. The molecule has 3 nitrogen and oxygen atoms in total. The zero-order chi connectivity index (χ0) is 14.8. The fourth-order valence-corrected chi connectivity index (χ4v) is 3.32. The predicted octanol–water partition coefficient (Wildman–Crippen LogP) is 3.46. The van der Waals surface area contributed by atoms with Crippen LogP contribution in [0, 0.1) is 6.92 Å². The molecule has 0 fully saturated rings. The summed E-state index contributed by atoms with van der Waals surface area (Å²) in [5.74, 6) is -0.177. The molecule has 1 amide bonds. The first-order chi connectivity index (χ1) is 9.46. The molecule has 1 aromatic carbocycles. The van der Waals surface area contributed by atoms with E-state index in [2.05, 4.69) is 21.2 Å². The molecule has 0 saturated heterocycles. The van der Waals surface area contributed by atoms with Gasteiger partial charge in [0, 0.05) is 0 Å². The van der Waals surface area contributed by atoms with Crippen LogP contribution in [0.4, 0.5) is 0 Å². The molecule has 0 bridgehead atoms. The number of aliphatic hydroxyl groups is 1. The molecular weight excluding hydrogens is 338 g/mol. The van der Waals surface area contributed by atoms with Crippen LogP contribution in [0.3, 0.4) is 0 Å². The zero-order valence-corrected chi connectivity index (χ0v) is 13.7. The molecule has 0 aliphatic heterocycles. The van der Waals surface area contributed by atoms with Gasteiger partial charge < -0.3 is 10.4 Å². The molecule has 0 spiro atoms. The van der Waals surface area contributed by atoms with Crippen LogP contribution in [0.25, 0.3) is 0 Å². The highest BCUT2D eigenvalue weighted by Crippen LogP contribution is 2.28. The van der Waals surface area contributed by atoms with Crippen molar-refractivity contribution >= 4 is 33.2 Å². The fourth-order valence-electron chi connectivity index (χ4n) is 1.89. The van der Waals surface area contributed by atoms with Crippen LogP contribution in [0.15, 0.2) is 40.2 Å². The van der Waals surface area contributed by atoms with Crippen molar-refractivity contribution in [3.8, 4) is 0 Å². The Morgan fingerprint density at radius 3 is 2.55 bits per heavy atom. The predicted molar refractivity (Wildman–Crippen MR) is 85.1 cm³/mol. The summed E-state index contributed by atoms with van der Waals surface area (Å²) in [7, 11) is 0. The molecule has 1 heterocycles. The summed E-state index contributed by atoms with van der Waals surface area (Å²) in [6, 6.07) is 11.3. The maximum Gasteiger partial charge on any atom is 0.262 e. The number of hydrogen-bond donors (Lipinski definition) is 2. The van der Waals surface area contributed by atoms with Crippen molar-refractivity contribution in [1.82, 2.24) is 5.32 Å². The maximum absolute atomic E-state index is 12.3. The molecule has 5 heteroatoms. The number of hydrogen-bond acceptors (Lipinski definition) is 3. The summed E-state index contributed by atoms with van der Waals surface area (Å²) in [5.41, 5.74) is 1.12. The molecule has 106 valence electrons. The van der Waals surface area contributed by atoms with E-state index in [1.165, 1.54) is 11.3 Å². The molecule has 0 aliphatic carbocycles. The van der Waals surface area contributed by atoms with Crippen molar-refractivity contribution < 1.29 is 9.90 Å². The number of carbonyl (C=O) groups is 1. The number of aliphatic hydroxyl groups excluding tert-OH is 1. The molecule has 1 atom stereocenters. The summed E-state index contributed by atoms with van der Waals surface area (Å²) in [6.07, 6.45) is 0. The summed E-state index contributed by atoms with van der Waals surface area (Å²) >= 11 is 4.81. The first-order valence-corrected chi connectivity index (χ1v) is 7.82. The van der Waals surface area contributed by atoms with E-state index in [-0.39, 0.29) is 12.5 Å². The number of carbonyl (C=O) groups excluding carboxylic acids is 1. The van der Waals surface area contributed by atoms with Crippen molar-refractivity contribution in [2.45, 2.75) is 19.4 Å². The quantitative estimate of drug-likeness (QED) is 0.884. The highest BCUT2D eigenvalue weighted by molar-refractivity contribution is 9.11. The minimum Gasteiger partial charge on any atom is -0.394 e. The molecule has 20 heavy (non-hydrogen) atoms. The third-order valence-corrected chi connectivity index (χ3v) is 5.33. The third-order valence-electron chi connectivity index (χ3n) is 3.20. The Labute approximate surface area is 130 Å². The summed E-state index contributed by atoms with van der Waals surface area (Å²) in [5, 5.41) is 12.6. The van der Waals surface area contributed by atoms with Crippen molar-refractivity contribution in [1.29, 1.82) is 0 Å². The molecule has 1 aromatic heterocycles. The Hall–Kier alpha value is -1.17. The standard InChI is InChI=1S/C15H16BrNO2S/c1-10-8-12(20-13(10)16)14(19)17-15(2,9-18)11-6-4-3-5-7-11/h3-8,18H,9H2,1-2H3,(H,17,19). The largest absolute Gasteiger partial charge is 0.394 e. The number of rotatable bonds is 4. The number of halogens is 1. The number of aryl methyl sites for hydroxylation is 1. The molecule has 0 saturated carbocycles. The average molecular weight is 354 g/mol. The minimum absolute atomic E-state index is 0.158. The lowest BCUT2D eigenvalue weighted by molar-refractivity contribution is 0.0853. The smallest absolute Gasteiger partial charge is 0.262 e. The van der Waals surface area contributed by atoms with Gasteiger partial charge in [-0.15, -0.1) is 11.3 Å². The SMILES string of the molecule is Cc1cc(C(=O)NC(C)(CO)c2ccccc2)sc1Br. The topological polar surface area (TPSA) is 49.3 Å². The first kappa shape index (κ1) is 15.2. The summed E-state index contributed by atoms with van der Waals surface area (Å²) in [4.78, 5) is 13.0. The van der Waals surface area contributed by atoms with Gasteiger partial charge in [0.1, 0.15) is 0 Å². The van der Waals surface area contributed by atoms with Crippen molar-refractivity contribution in [2.24, 2.45) is 0 Å². The van der Waals surface area contributed by atoms with Crippen molar-refractivity contribution in [2.75, 3.05) is 6.61 Å². The molecule has 2 N–H and O–H groups in total. The normalized spacial score (nSPS) is 13.8. The Kier molecular flexibility index (Phi) is 4.62. The Balaban J connectivity index is 2.24. The lowest BCUT2D eigenvalue weighted by Crippen LogP contribution is -2.46. The Bertz CT molecular complexity index is 592. The van der Waals surface area contributed by atoms with Crippen molar-refractivity contribution in [3.05, 3.63) is 56.2 Å². The monoisotopic (exact) mass is 353 g/mol. The van der Waals surface area contributed by atoms with Crippen LogP contribution in [0.5, 0.6) is 0 Å². The van der Waals surface area contributed by atoms with Gasteiger partial charge in [-0.3, -0.25) is 4.79 Å². The van der Waals surface area contributed by atoms with Gasteiger partial charge in [0.15, 0.2) is 0 Å². The van der Waals surface area contributed by atoms with Crippen LogP contribution in [-0.4, -0.2) is 17.6 Å². The van der Waals surface area contributed by atoms with Gasteiger partial charge in [-0.2, -0.15) is 0 Å². The number of amides is 1. The van der Waals surface area contributed by atoms with E-state index in [1.807, 2.05) is 50.2 Å². The molecule has 1 unspecified atom stereocenters. The summed E-state index contributed by atoms with van der Waals surface area (Å²) < 4.78 is 0.952. The number of nitrogens with one attached hydrogen (secondary N) is 1. The van der Waals surface area contributed by atoms with Crippen LogP contribution in [-0.2, 0) is 5.54 Å². The Morgan fingerprint density at radius 1 is 1.40 bits per heavy atom.